The van der Waals surface area contributed by atoms with Crippen LogP contribution in [0.3, 0.4) is 0 Å². The molecule has 86 valence electrons. The van der Waals surface area contributed by atoms with E-state index in [0.717, 1.165) is 18.7 Å². The molecular formula is C14H20N2. The van der Waals surface area contributed by atoms with Gasteiger partial charge in [0.1, 0.15) is 0 Å². The molecule has 2 nitrogen and oxygen atoms in total. The van der Waals surface area contributed by atoms with Crippen molar-refractivity contribution >= 4 is 5.69 Å². The fourth-order valence-corrected chi connectivity index (χ4v) is 3.54. The zero-order valence-corrected chi connectivity index (χ0v) is 10.1. The standard InChI is InChI=1S/C14H20N2/c1-9-13-7-10-3-4-11(15)8-12(10)14(9,2)5-6-16-13/h3-4,8-9,13,16H,5-7,15H2,1-2H3/t9-,13?,14-/m0/s1. The Bertz CT molecular complexity index is 427. The van der Waals surface area contributed by atoms with Crippen molar-refractivity contribution in [2.45, 2.75) is 38.1 Å². The third-order valence-electron chi connectivity index (χ3n) is 4.85. The van der Waals surface area contributed by atoms with Gasteiger partial charge in [-0.2, -0.15) is 0 Å². The number of benzene rings is 1. The van der Waals surface area contributed by atoms with Crippen LogP contribution in [0.15, 0.2) is 18.2 Å². The van der Waals surface area contributed by atoms with Gasteiger partial charge in [-0.25, -0.2) is 0 Å². The van der Waals surface area contributed by atoms with Gasteiger partial charge < -0.3 is 11.1 Å². The summed E-state index contributed by atoms with van der Waals surface area (Å²) in [5, 5.41) is 3.65. The molecular weight excluding hydrogens is 196 g/mol. The Balaban J connectivity index is 2.18. The number of anilines is 1. The first-order chi connectivity index (χ1) is 7.61. The third-order valence-corrected chi connectivity index (χ3v) is 4.85. The molecule has 1 fully saturated rings. The van der Waals surface area contributed by atoms with E-state index >= 15 is 0 Å². The van der Waals surface area contributed by atoms with Crippen molar-refractivity contribution in [1.29, 1.82) is 0 Å². The number of nitrogens with two attached hydrogens (primary N) is 1. The highest BCUT2D eigenvalue weighted by atomic mass is 14.9. The lowest BCUT2D eigenvalue weighted by molar-refractivity contribution is 0.158. The van der Waals surface area contributed by atoms with Crippen LogP contribution in [0.1, 0.15) is 31.4 Å². The Labute approximate surface area is 97.2 Å². The van der Waals surface area contributed by atoms with E-state index in [1.54, 1.807) is 0 Å². The fraction of sp³-hybridized carbons (Fsp3) is 0.571. The van der Waals surface area contributed by atoms with E-state index in [1.807, 2.05) is 6.07 Å². The Morgan fingerprint density at radius 2 is 2.25 bits per heavy atom. The number of piperidine rings is 1. The smallest absolute Gasteiger partial charge is 0.0317 e. The van der Waals surface area contributed by atoms with E-state index in [1.165, 1.54) is 17.5 Å². The van der Waals surface area contributed by atoms with E-state index in [0.29, 0.717) is 17.4 Å². The van der Waals surface area contributed by atoms with Crippen molar-refractivity contribution in [2.75, 3.05) is 12.3 Å². The van der Waals surface area contributed by atoms with E-state index in [9.17, 15) is 0 Å². The predicted molar refractivity (Wildman–Crippen MR) is 67.5 cm³/mol. The first-order valence-corrected chi connectivity index (χ1v) is 6.23. The molecule has 1 aromatic rings. The summed E-state index contributed by atoms with van der Waals surface area (Å²) in [5.41, 5.74) is 10.2. The molecule has 2 aliphatic rings. The van der Waals surface area contributed by atoms with Crippen LogP contribution >= 0.6 is 0 Å². The minimum atomic E-state index is 0.318. The number of hydrogen-bond donors (Lipinski definition) is 2. The predicted octanol–water partition coefficient (Wildman–Crippen LogP) is 2.08. The number of nitrogen functional groups attached to an aromatic ring is 1. The van der Waals surface area contributed by atoms with Crippen LogP contribution < -0.4 is 11.1 Å². The van der Waals surface area contributed by atoms with Crippen molar-refractivity contribution in [3.05, 3.63) is 29.3 Å². The summed E-state index contributed by atoms with van der Waals surface area (Å²) in [6.45, 7) is 5.92. The molecule has 0 aromatic heterocycles. The maximum Gasteiger partial charge on any atom is 0.0317 e. The molecule has 1 heterocycles. The normalized spacial score (nSPS) is 36.9. The molecule has 16 heavy (non-hydrogen) atoms. The molecule has 2 bridgehead atoms. The van der Waals surface area contributed by atoms with Crippen molar-refractivity contribution in [3.8, 4) is 0 Å². The molecule has 3 N–H and O–H groups in total. The zero-order chi connectivity index (χ0) is 11.3. The highest BCUT2D eigenvalue weighted by Crippen LogP contribution is 2.46. The molecule has 1 aromatic carbocycles. The largest absolute Gasteiger partial charge is 0.399 e. The third kappa shape index (κ3) is 1.23. The SMILES string of the molecule is C[C@H]1C2Cc3ccc(N)cc3[C@@]1(C)CCN2. The van der Waals surface area contributed by atoms with Crippen molar-refractivity contribution in [3.63, 3.8) is 0 Å². The van der Waals surface area contributed by atoms with E-state index in [-0.39, 0.29) is 0 Å². The maximum absolute atomic E-state index is 5.94. The van der Waals surface area contributed by atoms with Crippen LogP contribution in [0.25, 0.3) is 0 Å². The van der Waals surface area contributed by atoms with Crippen LogP contribution in [0.5, 0.6) is 0 Å². The summed E-state index contributed by atoms with van der Waals surface area (Å²) >= 11 is 0. The molecule has 3 rings (SSSR count). The molecule has 0 spiro atoms. The lowest BCUT2D eigenvalue weighted by Gasteiger charge is -2.50. The van der Waals surface area contributed by atoms with E-state index in [2.05, 4.69) is 31.3 Å². The topological polar surface area (TPSA) is 38.0 Å². The van der Waals surface area contributed by atoms with Gasteiger partial charge >= 0.3 is 0 Å². The fourth-order valence-electron chi connectivity index (χ4n) is 3.54. The quantitative estimate of drug-likeness (QED) is 0.652. The maximum atomic E-state index is 5.94. The summed E-state index contributed by atoms with van der Waals surface area (Å²) in [7, 11) is 0. The van der Waals surface area contributed by atoms with Crippen LogP contribution in [0.4, 0.5) is 5.69 Å². The average Bonchev–Trinajstić information content (AvgIpc) is 2.25. The Hall–Kier alpha value is -1.02. The van der Waals surface area contributed by atoms with Crippen LogP contribution in [-0.4, -0.2) is 12.6 Å². The second-order valence-corrected chi connectivity index (χ2v) is 5.64. The monoisotopic (exact) mass is 216 g/mol. The first kappa shape index (κ1) is 10.2. The minimum absolute atomic E-state index is 0.318. The molecule has 2 heteroatoms. The molecule has 1 aliphatic carbocycles. The van der Waals surface area contributed by atoms with Crippen molar-refractivity contribution in [1.82, 2.24) is 5.32 Å². The van der Waals surface area contributed by atoms with Gasteiger partial charge in [0.15, 0.2) is 0 Å². The summed E-state index contributed by atoms with van der Waals surface area (Å²) in [6.07, 6.45) is 2.38. The lowest BCUT2D eigenvalue weighted by Crippen LogP contribution is -2.56. The van der Waals surface area contributed by atoms with Gasteiger partial charge in [0.05, 0.1) is 0 Å². The lowest BCUT2D eigenvalue weighted by atomic mass is 9.59. The molecule has 1 unspecified atom stereocenters. The number of nitrogens with one attached hydrogen (secondary N) is 1. The Kier molecular flexibility index (Phi) is 2.05. The van der Waals surface area contributed by atoms with Crippen LogP contribution in [-0.2, 0) is 11.8 Å². The van der Waals surface area contributed by atoms with Crippen LogP contribution in [0, 0.1) is 5.92 Å². The minimum Gasteiger partial charge on any atom is -0.399 e. The number of fused-ring (bicyclic) bond motifs is 4. The van der Waals surface area contributed by atoms with E-state index < -0.39 is 0 Å². The highest BCUT2D eigenvalue weighted by Gasteiger charge is 2.45. The van der Waals surface area contributed by atoms with E-state index in [4.69, 9.17) is 5.73 Å². The molecule has 1 aliphatic heterocycles. The average molecular weight is 216 g/mol. The van der Waals surface area contributed by atoms with Crippen LogP contribution in [0.2, 0.25) is 0 Å². The van der Waals surface area contributed by atoms with Gasteiger partial charge in [-0.3, -0.25) is 0 Å². The highest BCUT2D eigenvalue weighted by molar-refractivity contribution is 5.50. The number of hydrogen-bond acceptors (Lipinski definition) is 2. The second-order valence-electron chi connectivity index (χ2n) is 5.64. The van der Waals surface area contributed by atoms with Gasteiger partial charge in [-0.05, 0) is 54.0 Å². The molecule has 0 saturated carbocycles. The van der Waals surface area contributed by atoms with Gasteiger partial charge in [0.2, 0.25) is 0 Å². The van der Waals surface area contributed by atoms with Gasteiger partial charge in [-0.15, -0.1) is 0 Å². The molecule has 3 atom stereocenters. The summed E-state index contributed by atoms with van der Waals surface area (Å²) in [4.78, 5) is 0. The Morgan fingerprint density at radius 1 is 1.44 bits per heavy atom. The molecule has 1 saturated heterocycles. The number of rotatable bonds is 0. The Morgan fingerprint density at radius 3 is 3.06 bits per heavy atom. The molecule has 0 radical (unpaired) electrons. The second kappa shape index (κ2) is 3.24. The van der Waals surface area contributed by atoms with Crippen molar-refractivity contribution in [2.24, 2.45) is 5.92 Å². The van der Waals surface area contributed by atoms with Gasteiger partial charge in [0.25, 0.3) is 0 Å². The van der Waals surface area contributed by atoms with Gasteiger partial charge in [-0.1, -0.05) is 19.9 Å². The summed E-state index contributed by atoms with van der Waals surface area (Å²) < 4.78 is 0. The summed E-state index contributed by atoms with van der Waals surface area (Å²) in [6, 6.07) is 7.10. The molecule has 0 amide bonds. The first-order valence-electron chi connectivity index (χ1n) is 6.23. The van der Waals surface area contributed by atoms with Gasteiger partial charge in [0, 0.05) is 11.7 Å². The van der Waals surface area contributed by atoms with Crippen molar-refractivity contribution < 1.29 is 0 Å². The summed E-state index contributed by atoms with van der Waals surface area (Å²) in [5.74, 6) is 0.704. The zero-order valence-electron chi connectivity index (χ0n) is 10.1.